The van der Waals surface area contributed by atoms with Crippen LogP contribution in [0.1, 0.15) is 277 Å². The van der Waals surface area contributed by atoms with E-state index in [9.17, 15) is 45.6 Å². The van der Waals surface area contributed by atoms with Crippen LogP contribution < -0.4 is 5.32 Å². The lowest BCUT2D eigenvalue weighted by Gasteiger charge is -2.46. The van der Waals surface area contributed by atoms with Gasteiger partial charge in [-0.1, -0.05) is 279 Å². The van der Waals surface area contributed by atoms with Gasteiger partial charge in [0.15, 0.2) is 12.6 Å². The Labute approximate surface area is 517 Å². The normalized spacial score (nSPS) is 24.0. The van der Waals surface area contributed by atoms with Gasteiger partial charge in [0, 0.05) is 6.42 Å². The molecule has 0 saturated carbocycles. The number of aliphatic hydroxyl groups is 8. The molecule has 0 aromatic rings. The maximum Gasteiger partial charge on any atom is 0.220 e. The molecule has 0 aromatic carbocycles. The summed E-state index contributed by atoms with van der Waals surface area (Å²) in [5, 5.41) is 87.2. The van der Waals surface area contributed by atoms with E-state index in [0.29, 0.717) is 6.42 Å². The highest BCUT2D eigenvalue weighted by Crippen LogP contribution is 2.30. The van der Waals surface area contributed by atoms with Crippen LogP contribution in [0.25, 0.3) is 0 Å². The first-order chi connectivity index (χ1) is 41.6. The summed E-state index contributed by atoms with van der Waals surface area (Å²) < 4.78 is 22.8. The van der Waals surface area contributed by atoms with Gasteiger partial charge in [0.25, 0.3) is 0 Å². The Morgan fingerprint density at radius 2 is 0.812 bits per heavy atom. The third-order valence-corrected chi connectivity index (χ3v) is 16.6. The second-order valence-electron chi connectivity index (χ2n) is 24.3. The summed E-state index contributed by atoms with van der Waals surface area (Å²) in [6.07, 6.45) is 58.3. The predicted octanol–water partition coefficient (Wildman–Crippen LogP) is 13.8. The Morgan fingerprint density at radius 1 is 0.435 bits per heavy atom. The van der Waals surface area contributed by atoms with Crippen LogP contribution in [0.3, 0.4) is 0 Å². The zero-order valence-corrected chi connectivity index (χ0v) is 53.6. The molecule has 2 rings (SSSR count). The van der Waals surface area contributed by atoms with Gasteiger partial charge < -0.3 is 65.1 Å². The summed E-state index contributed by atoms with van der Waals surface area (Å²) in [4.78, 5) is 13.3. The summed E-state index contributed by atoms with van der Waals surface area (Å²) in [5.41, 5.74) is 0. The number of ether oxygens (including phenoxy) is 4. The Bertz CT molecular complexity index is 1700. The van der Waals surface area contributed by atoms with E-state index in [-0.39, 0.29) is 18.9 Å². The summed E-state index contributed by atoms with van der Waals surface area (Å²) in [5.74, 6) is -0.237. The summed E-state index contributed by atoms with van der Waals surface area (Å²) in [6.45, 7) is 2.70. The second-order valence-corrected chi connectivity index (χ2v) is 24.3. The molecule has 14 heteroatoms. The monoisotopic (exact) mass is 1200 g/mol. The van der Waals surface area contributed by atoms with Gasteiger partial charge in [0.2, 0.25) is 5.91 Å². The second kappa shape index (κ2) is 55.5. The molecule has 2 fully saturated rings. The fourth-order valence-corrected chi connectivity index (χ4v) is 11.1. The number of amides is 1. The average Bonchev–Trinajstić information content (AvgIpc) is 3.65. The molecule has 2 heterocycles. The van der Waals surface area contributed by atoms with Gasteiger partial charge in [-0.25, -0.2) is 0 Å². The predicted molar refractivity (Wildman–Crippen MR) is 346 cm³/mol. The largest absolute Gasteiger partial charge is 0.394 e. The molecule has 14 nitrogen and oxygen atoms in total. The summed E-state index contributed by atoms with van der Waals surface area (Å²) in [7, 11) is 0. The van der Waals surface area contributed by atoms with Crippen LogP contribution in [0.4, 0.5) is 0 Å². The van der Waals surface area contributed by atoms with Gasteiger partial charge in [-0.3, -0.25) is 4.79 Å². The minimum Gasteiger partial charge on any atom is -0.394 e. The Morgan fingerprint density at radius 3 is 1.25 bits per heavy atom. The topological polar surface area (TPSA) is 228 Å². The van der Waals surface area contributed by atoms with E-state index in [0.717, 1.165) is 70.6 Å². The van der Waals surface area contributed by atoms with Crippen molar-refractivity contribution in [3.05, 3.63) is 72.9 Å². The molecule has 2 aliphatic rings. The molecule has 9 N–H and O–H groups in total. The third-order valence-electron chi connectivity index (χ3n) is 16.6. The van der Waals surface area contributed by atoms with Crippen molar-refractivity contribution in [2.24, 2.45) is 0 Å². The molecule has 12 unspecified atom stereocenters. The lowest BCUT2D eigenvalue weighted by molar-refractivity contribution is -0.359. The molecule has 12 atom stereocenters. The Hall–Kier alpha value is -2.57. The van der Waals surface area contributed by atoms with E-state index in [4.69, 9.17) is 18.9 Å². The molecule has 0 bridgehead atoms. The van der Waals surface area contributed by atoms with E-state index >= 15 is 0 Å². The van der Waals surface area contributed by atoms with Crippen molar-refractivity contribution in [3.63, 3.8) is 0 Å². The number of nitrogens with one attached hydrogen (secondary N) is 1. The van der Waals surface area contributed by atoms with Crippen molar-refractivity contribution in [2.75, 3.05) is 19.8 Å². The molecule has 2 saturated heterocycles. The maximum absolute atomic E-state index is 13.3. The summed E-state index contributed by atoms with van der Waals surface area (Å²) >= 11 is 0. The van der Waals surface area contributed by atoms with Gasteiger partial charge in [0.05, 0.1) is 32.0 Å². The van der Waals surface area contributed by atoms with E-state index < -0.39 is 86.8 Å². The van der Waals surface area contributed by atoms with Gasteiger partial charge in [-0.2, -0.15) is 0 Å². The van der Waals surface area contributed by atoms with Crippen LogP contribution in [-0.2, 0) is 23.7 Å². The molecule has 0 radical (unpaired) electrons. The quantitative estimate of drug-likeness (QED) is 0.0204. The summed E-state index contributed by atoms with van der Waals surface area (Å²) in [6, 6.07) is -0.915. The Kier molecular flexibility index (Phi) is 51.3. The first-order valence-corrected chi connectivity index (χ1v) is 34.7. The van der Waals surface area contributed by atoms with Crippen molar-refractivity contribution in [1.82, 2.24) is 5.32 Å². The van der Waals surface area contributed by atoms with E-state index in [2.05, 4.69) is 79.9 Å². The Balaban J connectivity index is 1.59. The van der Waals surface area contributed by atoms with Crippen molar-refractivity contribution < 1.29 is 64.6 Å². The molecule has 0 spiro atoms. The highest BCUT2D eigenvalue weighted by atomic mass is 16.7. The van der Waals surface area contributed by atoms with Gasteiger partial charge in [-0.15, -0.1) is 0 Å². The standard InChI is InChI=1S/C71H127NO13/c1-3-5-7-9-11-13-15-17-19-20-21-22-23-24-25-26-27-28-29-30-31-32-33-34-35-36-37-38-39-40-41-43-45-47-49-51-53-55-63(76)72-59(60(75)54-52-50-48-46-44-42-18-16-14-12-10-8-6-4-2)58-82-70-68(81)66(79)69(62(57-74)84-70)85-71-67(80)65(78)64(77)61(56-73)83-71/h5,7,11,13,17,19,21-22,24-25,52,54,59-62,64-71,73-75,77-81H,3-4,6,8-10,12,14-16,18,20,23,26-51,53,55-58H2,1-2H3,(H,72,76)/b7-5-,13-11-,19-17-,22-21-,25-24-,54-52+. The minimum absolute atomic E-state index is 0.237. The van der Waals surface area contributed by atoms with Crippen LogP contribution in [0.2, 0.25) is 0 Å². The molecular formula is C71H127NO13. The zero-order valence-electron chi connectivity index (χ0n) is 53.6. The van der Waals surface area contributed by atoms with Crippen molar-refractivity contribution >= 4 is 5.91 Å². The van der Waals surface area contributed by atoms with Crippen molar-refractivity contribution in [3.8, 4) is 0 Å². The van der Waals surface area contributed by atoms with Gasteiger partial charge in [-0.05, 0) is 64.2 Å². The molecule has 85 heavy (non-hydrogen) atoms. The molecule has 2 aliphatic heterocycles. The number of hydrogen-bond donors (Lipinski definition) is 9. The lowest BCUT2D eigenvalue weighted by Crippen LogP contribution is -2.65. The molecule has 1 amide bonds. The van der Waals surface area contributed by atoms with Gasteiger partial charge in [0.1, 0.15) is 48.8 Å². The number of rotatable bonds is 56. The minimum atomic E-state index is -1.79. The first-order valence-electron chi connectivity index (χ1n) is 34.7. The SMILES string of the molecule is CC/C=C\C/C=C\C/C=C\C/C=C\C/C=C\CCCCCCCCCCCCCCCCCCCCCCCC(=O)NC(COC1OC(CO)C(OC2OC(CO)C(O)C(O)C2O)C(O)C1O)C(O)/C=C/CCCCCCCCCCCCCC. The average molecular weight is 1200 g/mol. The van der Waals surface area contributed by atoms with Crippen LogP contribution in [0.5, 0.6) is 0 Å². The lowest BCUT2D eigenvalue weighted by atomic mass is 9.97. The van der Waals surface area contributed by atoms with Crippen LogP contribution in [-0.4, -0.2) is 140 Å². The smallest absolute Gasteiger partial charge is 0.220 e. The van der Waals surface area contributed by atoms with E-state index in [1.54, 1.807) is 6.08 Å². The molecule has 0 aliphatic carbocycles. The van der Waals surface area contributed by atoms with Crippen LogP contribution >= 0.6 is 0 Å². The highest BCUT2D eigenvalue weighted by molar-refractivity contribution is 5.76. The molecule has 0 aromatic heterocycles. The number of carbonyl (C=O) groups is 1. The fraction of sp³-hybridized carbons (Fsp3) is 0.817. The molecule has 494 valence electrons. The number of aliphatic hydroxyl groups excluding tert-OH is 8. The van der Waals surface area contributed by atoms with Crippen LogP contribution in [0, 0.1) is 0 Å². The maximum atomic E-state index is 13.3. The van der Waals surface area contributed by atoms with Gasteiger partial charge >= 0.3 is 0 Å². The number of unbranched alkanes of at least 4 members (excludes halogenated alkanes) is 33. The number of allylic oxidation sites excluding steroid dienone is 11. The van der Waals surface area contributed by atoms with Crippen molar-refractivity contribution in [2.45, 2.75) is 351 Å². The van der Waals surface area contributed by atoms with Crippen molar-refractivity contribution in [1.29, 1.82) is 0 Å². The van der Waals surface area contributed by atoms with E-state index in [1.165, 1.54) is 180 Å². The highest BCUT2D eigenvalue weighted by Gasteiger charge is 2.51. The number of carbonyl (C=O) groups excluding carboxylic acids is 1. The number of hydrogen-bond acceptors (Lipinski definition) is 13. The van der Waals surface area contributed by atoms with Crippen LogP contribution in [0.15, 0.2) is 72.9 Å². The van der Waals surface area contributed by atoms with E-state index in [1.807, 2.05) is 6.08 Å². The molecular weight excluding hydrogens is 1070 g/mol. The fourth-order valence-electron chi connectivity index (χ4n) is 11.1. The first kappa shape index (κ1) is 78.5. The zero-order chi connectivity index (χ0) is 61.6. The third kappa shape index (κ3) is 39.9.